The third kappa shape index (κ3) is 6.19. The number of ether oxygens (including phenoxy) is 2. The number of halogens is 2. The Bertz CT molecular complexity index is 1500. The number of hydrogen-bond acceptors (Lipinski definition) is 6. The lowest BCUT2D eigenvalue weighted by Gasteiger charge is -2.09. The van der Waals surface area contributed by atoms with Crippen molar-refractivity contribution in [2.45, 2.75) is 10.7 Å². The van der Waals surface area contributed by atoms with Gasteiger partial charge in [0, 0.05) is 27.9 Å². The molecule has 4 aromatic rings. The topological polar surface area (TPSA) is 89.2 Å². The number of nitrogens with zero attached hydrogens (tertiary/aromatic N) is 3. The monoisotopic (exact) mass is 532 g/mol. The van der Waals surface area contributed by atoms with Gasteiger partial charge < -0.3 is 14.8 Å². The van der Waals surface area contributed by atoms with Gasteiger partial charge in [0.25, 0.3) is 11.7 Å². The molecule has 1 amide bonds. The number of alkyl halides is 2. The highest BCUT2D eigenvalue weighted by atomic mass is 32.2. The zero-order chi connectivity index (χ0) is 27.1. The van der Waals surface area contributed by atoms with Crippen LogP contribution in [0.3, 0.4) is 0 Å². The van der Waals surface area contributed by atoms with Crippen molar-refractivity contribution in [1.29, 1.82) is 5.26 Å². The molecule has 0 saturated carbocycles. The van der Waals surface area contributed by atoms with Gasteiger partial charge in [-0.15, -0.1) is 0 Å². The molecule has 0 aliphatic carbocycles. The molecule has 1 aromatic heterocycles. The molecule has 192 valence electrons. The summed E-state index contributed by atoms with van der Waals surface area (Å²) in [6, 6.07) is 22.6. The minimum atomic E-state index is -2.54. The molecule has 7 nitrogen and oxygen atoms in total. The highest BCUT2D eigenvalue weighted by molar-refractivity contribution is 7.99. The van der Waals surface area contributed by atoms with Gasteiger partial charge in [-0.25, -0.2) is 4.68 Å². The molecule has 3 aromatic carbocycles. The van der Waals surface area contributed by atoms with E-state index in [1.165, 1.54) is 37.5 Å². The van der Waals surface area contributed by atoms with Gasteiger partial charge in [0.2, 0.25) is 0 Å². The van der Waals surface area contributed by atoms with Gasteiger partial charge in [0.05, 0.1) is 19.9 Å². The first-order valence-corrected chi connectivity index (χ1v) is 12.1. The number of nitrogens with one attached hydrogen (secondary N) is 1. The molecular weight excluding hydrogens is 510 g/mol. The highest BCUT2D eigenvalue weighted by Crippen LogP contribution is 2.34. The van der Waals surface area contributed by atoms with Crippen LogP contribution in [0.5, 0.6) is 11.5 Å². The number of hydrogen-bond donors (Lipinski definition) is 1. The van der Waals surface area contributed by atoms with E-state index in [1.807, 2.05) is 36.4 Å². The Morgan fingerprint density at radius 1 is 1.05 bits per heavy atom. The molecule has 0 aliphatic heterocycles. The van der Waals surface area contributed by atoms with E-state index in [0.717, 1.165) is 5.69 Å². The number of methoxy groups -OCH3 is 2. The van der Waals surface area contributed by atoms with Gasteiger partial charge in [-0.05, 0) is 60.7 Å². The number of carbonyl (C=O) groups excluding carboxylic acids is 1. The van der Waals surface area contributed by atoms with Gasteiger partial charge >= 0.3 is 0 Å². The number of carbonyl (C=O) groups is 1. The molecule has 4 rings (SSSR count). The summed E-state index contributed by atoms with van der Waals surface area (Å²) in [6.07, 6.45) is 3.18. The molecule has 0 radical (unpaired) electrons. The van der Waals surface area contributed by atoms with Crippen molar-refractivity contribution in [3.05, 3.63) is 90.1 Å². The number of rotatable bonds is 9. The number of para-hydroxylation sites is 1. The van der Waals surface area contributed by atoms with Crippen LogP contribution in [0.2, 0.25) is 0 Å². The summed E-state index contributed by atoms with van der Waals surface area (Å²) < 4.78 is 37.5. The lowest BCUT2D eigenvalue weighted by atomic mass is 10.1. The Morgan fingerprint density at radius 2 is 1.76 bits per heavy atom. The van der Waals surface area contributed by atoms with Gasteiger partial charge in [0.1, 0.15) is 17.3 Å². The number of benzene rings is 3. The summed E-state index contributed by atoms with van der Waals surface area (Å²) in [5.74, 6) is -2.14. The van der Waals surface area contributed by atoms with Crippen molar-refractivity contribution in [2.75, 3.05) is 19.5 Å². The zero-order valence-electron chi connectivity index (χ0n) is 20.4. The summed E-state index contributed by atoms with van der Waals surface area (Å²) in [4.78, 5) is 13.3. The van der Waals surface area contributed by atoms with Crippen molar-refractivity contribution < 1.29 is 23.0 Å². The minimum absolute atomic E-state index is 0.162. The summed E-state index contributed by atoms with van der Waals surface area (Å²) in [7, 11) is 3.07. The first kappa shape index (κ1) is 26.4. The Morgan fingerprint density at radius 3 is 2.39 bits per heavy atom. The van der Waals surface area contributed by atoms with Crippen LogP contribution in [0.1, 0.15) is 5.56 Å². The first-order chi connectivity index (χ1) is 18.4. The Hall–Kier alpha value is -4.62. The fourth-order valence-electron chi connectivity index (χ4n) is 3.64. The van der Waals surface area contributed by atoms with Crippen molar-refractivity contribution in [3.63, 3.8) is 0 Å². The minimum Gasteiger partial charge on any atom is -0.493 e. The standard InChI is InChI=1S/C28H22F2N4O3S/c1-36-24-13-8-18(15-25(24)37-2)26-20(17-34(33-26)22-6-4-3-5-7-22)14-19(16-31)27(35)32-21-9-11-23(12-10-21)38-28(29)30/h3-15,17,28H,1-2H3,(H,32,35)/b19-14+. The average molecular weight is 533 g/mol. The molecule has 10 heteroatoms. The van der Waals surface area contributed by atoms with Crippen molar-refractivity contribution in [1.82, 2.24) is 9.78 Å². The molecule has 38 heavy (non-hydrogen) atoms. The molecule has 0 saturated heterocycles. The average Bonchev–Trinajstić information content (AvgIpc) is 3.36. The van der Waals surface area contributed by atoms with E-state index in [1.54, 1.807) is 36.2 Å². The lowest BCUT2D eigenvalue weighted by Crippen LogP contribution is -2.13. The maximum atomic E-state index is 12.9. The van der Waals surface area contributed by atoms with Crippen LogP contribution in [0.4, 0.5) is 14.5 Å². The molecule has 0 unspecified atom stereocenters. The normalized spacial score (nSPS) is 11.2. The molecule has 0 aliphatic rings. The third-order valence-corrected chi connectivity index (χ3v) is 6.15. The largest absolute Gasteiger partial charge is 0.493 e. The molecule has 0 fully saturated rings. The quantitative estimate of drug-likeness (QED) is 0.152. The van der Waals surface area contributed by atoms with Crippen LogP contribution >= 0.6 is 11.8 Å². The summed E-state index contributed by atoms with van der Waals surface area (Å²) in [5.41, 5.74) is 2.73. The number of thioether (sulfide) groups is 1. The maximum Gasteiger partial charge on any atom is 0.288 e. The Kier molecular flexibility index (Phi) is 8.40. The van der Waals surface area contributed by atoms with E-state index in [0.29, 0.717) is 50.7 Å². The van der Waals surface area contributed by atoms with E-state index in [9.17, 15) is 18.8 Å². The second-order valence-electron chi connectivity index (χ2n) is 7.81. The van der Waals surface area contributed by atoms with Crippen LogP contribution in [0.15, 0.2) is 89.5 Å². The van der Waals surface area contributed by atoms with Crippen molar-refractivity contribution >= 4 is 29.4 Å². The molecule has 1 heterocycles. The van der Waals surface area contributed by atoms with Crippen molar-refractivity contribution in [3.8, 4) is 34.5 Å². The zero-order valence-corrected chi connectivity index (χ0v) is 21.2. The Labute approximate surface area is 222 Å². The number of nitriles is 1. The summed E-state index contributed by atoms with van der Waals surface area (Å²) in [6.45, 7) is 0. The maximum absolute atomic E-state index is 12.9. The second kappa shape index (κ2) is 12.1. The fraction of sp³-hybridized carbons (Fsp3) is 0.107. The van der Waals surface area contributed by atoms with Gasteiger partial charge in [0.15, 0.2) is 11.5 Å². The SMILES string of the molecule is COc1ccc(-c2nn(-c3ccccc3)cc2/C=C(\C#N)C(=O)Nc2ccc(SC(F)F)cc2)cc1OC. The first-order valence-electron chi connectivity index (χ1n) is 11.3. The number of aromatic nitrogens is 2. The van der Waals surface area contributed by atoms with E-state index in [-0.39, 0.29) is 5.57 Å². The molecular formula is C28H22F2N4O3S. The van der Waals surface area contributed by atoms with Gasteiger partial charge in [-0.1, -0.05) is 30.0 Å². The van der Waals surface area contributed by atoms with E-state index >= 15 is 0 Å². The number of anilines is 1. The molecule has 0 bridgehead atoms. The lowest BCUT2D eigenvalue weighted by molar-refractivity contribution is -0.112. The fourth-order valence-corrected chi connectivity index (χ4v) is 4.13. The summed E-state index contributed by atoms with van der Waals surface area (Å²) in [5, 5.41) is 17.1. The highest BCUT2D eigenvalue weighted by Gasteiger charge is 2.17. The summed E-state index contributed by atoms with van der Waals surface area (Å²) >= 11 is 0.408. The Balaban J connectivity index is 1.71. The van der Waals surface area contributed by atoms with E-state index < -0.39 is 11.7 Å². The molecule has 1 N–H and O–H groups in total. The smallest absolute Gasteiger partial charge is 0.288 e. The predicted molar refractivity (Wildman–Crippen MR) is 143 cm³/mol. The third-order valence-electron chi connectivity index (χ3n) is 5.42. The van der Waals surface area contributed by atoms with Crippen LogP contribution in [0.25, 0.3) is 23.0 Å². The van der Waals surface area contributed by atoms with Gasteiger partial charge in [-0.3, -0.25) is 4.79 Å². The van der Waals surface area contributed by atoms with Crippen LogP contribution < -0.4 is 14.8 Å². The van der Waals surface area contributed by atoms with Crippen molar-refractivity contribution in [2.24, 2.45) is 0 Å². The number of amides is 1. The van der Waals surface area contributed by atoms with Crippen LogP contribution in [0, 0.1) is 11.3 Å². The van der Waals surface area contributed by atoms with Crippen LogP contribution in [-0.2, 0) is 4.79 Å². The van der Waals surface area contributed by atoms with Crippen LogP contribution in [-0.4, -0.2) is 35.7 Å². The molecule has 0 atom stereocenters. The van der Waals surface area contributed by atoms with Gasteiger partial charge in [-0.2, -0.15) is 19.1 Å². The molecule has 0 spiro atoms. The van der Waals surface area contributed by atoms with E-state index in [2.05, 4.69) is 5.32 Å². The van der Waals surface area contributed by atoms with E-state index in [4.69, 9.17) is 14.6 Å². The predicted octanol–water partition coefficient (Wildman–Crippen LogP) is 6.42. The second-order valence-corrected chi connectivity index (χ2v) is 8.87.